The van der Waals surface area contributed by atoms with Crippen LogP contribution in [0.4, 0.5) is 5.69 Å². The number of hydrogen-bond donors (Lipinski definition) is 1. The van der Waals surface area contributed by atoms with Gasteiger partial charge in [-0.2, -0.15) is 0 Å². The number of anilines is 1. The zero-order valence-electron chi connectivity index (χ0n) is 16.2. The molecule has 0 fully saturated rings. The molecule has 1 spiro atoms. The van der Waals surface area contributed by atoms with Crippen LogP contribution in [0.3, 0.4) is 0 Å². The lowest BCUT2D eigenvalue weighted by Gasteiger charge is -2.26. The number of oxime groups is 1. The van der Waals surface area contributed by atoms with Crippen molar-refractivity contribution >= 4 is 23.1 Å². The maximum absolute atomic E-state index is 13.7. The quantitative estimate of drug-likeness (QED) is 0.679. The molecule has 6 nitrogen and oxygen atoms in total. The van der Waals surface area contributed by atoms with Crippen molar-refractivity contribution in [1.82, 2.24) is 0 Å². The number of benzene rings is 3. The topological polar surface area (TPSA) is 77.0 Å². The fourth-order valence-corrected chi connectivity index (χ4v) is 4.11. The van der Waals surface area contributed by atoms with Crippen molar-refractivity contribution in [3.8, 4) is 5.75 Å². The molecule has 5 rings (SSSR count). The summed E-state index contributed by atoms with van der Waals surface area (Å²) in [6.07, 6.45) is 0. The van der Waals surface area contributed by atoms with Crippen molar-refractivity contribution < 1.29 is 19.2 Å². The number of ether oxygens (including phenoxy) is 1. The van der Waals surface area contributed by atoms with Gasteiger partial charge in [-0.25, -0.2) is 0 Å². The van der Waals surface area contributed by atoms with Gasteiger partial charge >= 0.3 is 0 Å². The van der Waals surface area contributed by atoms with Crippen LogP contribution in [0.1, 0.15) is 21.5 Å². The van der Waals surface area contributed by atoms with Gasteiger partial charge in [0.05, 0.1) is 7.11 Å². The molecular weight excluding hydrogens is 380 g/mol. The van der Waals surface area contributed by atoms with E-state index in [1.807, 2.05) is 30.3 Å². The molecule has 3 aromatic carbocycles. The van der Waals surface area contributed by atoms with Crippen LogP contribution in [0.25, 0.3) is 0 Å². The van der Waals surface area contributed by atoms with E-state index >= 15 is 0 Å². The number of methoxy groups -OCH3 is 1. The summed E-state index contributed by atoms with van der Waals surface area (Å²) < 4.78 is 5.23. The largest absolute Gasteiger partial charge is 0.497 e. The Balaban J connectivity index is 1.68. The van der Waals surface area contributed by atoms with Gasteiger partial charge in [0.2, 0.25) is 0 Å². The molecule has 2 unspecified atom stereocenters. The summed E-state index contributed by atoms with van der Waals surface area (Å²) in [4.78, 5) is 32.7. The Bertz CT molecular complexity index is 1170. The van der Waals surface area contributed by atoms with E-state index in [1.54, 1.807) is 55.6 Å². The first-order chi connectivity index (χ1) is 14.6. The van der Waals surface area contributed by atoms with E-state index in [2.05, 4.69) is 10.5 Å². The molecule has 3 aromatic rings. The highest BCUT2D eigenvalue weighted by Gasteiger charge is 2.63. The van der Waals surface area contributed by atoms with Crippen LogP contribution < -0.4 is 10.1 Å². The number of amides is 1. The molecule has 2 aliphatic heterocycles. The van der Waals surface area contributed by atoms with E-state index in [0.29, 0.717) is 33.8 Å². The Hall–Kier alpha value is -3.93. The van der Waals surface area contributed by atoms with Crippen molar-refractivity contribution in [2.75, 3.05) is 12.4 Å². The molecule has 0 radical (unpaired) electrons. The van der Waals surface area contributed by atoms with Gasteiger partial charge in [0.25, 0.3) is 11.5 Å². The lowest BCUT2D eigenvalue weighted by molar-refractivity contribution is -0.140. The molecule has 0 bridgehead atoms. The van der Waals surface area contributed by atoms with E-state index in [4.69, 9.17) is 9.57 Å². The molecule has 2 aliphatic rings. The predicted octanol–water partition coefficient (Wildman–Crippen LogP) is 3.78. The molecule has 1 amide bonds. The normalized spacial score (nSPS) is 21.6. The molecular formula is C24H18N2O4. The number of carbonyl (C=O) groups excluding carboxylic acids is 2. The standard InChI is InChI=1S/C24H18N2O4/c1-29-17-13-11-15(12-14-17)21-20(22(27)16-7-3-2-4-8-16)24(30-26-21)18-9-5-6-10-19(18)25-23(24)28/h2-14,20H,1H3,(H,25,28). The zero-order chi connectivity index (χ0) is 20.7. The predicted molar refractivity (Wildman–Crippen MR) is 112 cm³/mol. The van der Waals surface area contributed by atoms with Gasteiger partial charge < -0.3 is 14.9 Å². The number of ketones is 1. The maximum atomic E-state index is 13.7. The first-order valence-corrected chi connectivity index (χ1v) is 9.56. The fourth-order valence-electron chi connectivity index (χ4n) is 4.11. The summed E-state index contributed by atoms with van der Waals surface area (Å²) in [6.45, 7) is 0. The summed E-state index contributed by atoms with van der Waals surface area (Å²) in [5, 5.41) is 7.12. The summed E-state index contributed by atoms with van der Waals surface area (Å²) >= 11 is 0. The average Bonchev–Trinajstić information content (AvgIpc) is 3.33. The second kappa shape index (κ2) is 6.84. The lowest BCUT2D eigenvalue weighted by atomic mass is 9.74. The number of fused-ring (bicyclic) bond motifs is 2. The van der Waals surface area contributed by atoms with Gasteiger partial charge in [-0.3, -0.25) is 9.59 Å². The van der Waals surface area contributed by atoms with Crippen molar-refractivity contribution in [2.45, 2.75) is 5.60 Å². The smallest absolute Gasteiger partial charge is 0.277 e. The minimum absolute atomic E-state index is 0.227. The third-order valence-corrected chi connectivity index (χ3v) is 5.59. The highest BCUT2D eigenvalue weighted by Crippen LogP contribution is 2.49. The van der Waals surface area contributed by atoms with Crippen LogP contribution in [-0.2, 0) is 15.2 Å². The number of para-hydroxylation sites is 1. The van der Waals surface area contributed by atoms with Crippen molar-refractivity contribution in [3.63, 3.8) is 0 Å². The average molecular weight is 398 g/mol. The van der Waals surface area contributed by atoms with Crippen molar-refractivity contribution in [2.24, 2.45) is 11.1 Å². The number of nitrogens with zero attached hydrogens (tertiary/aromatic N) is 1. The van der Waals surface area contributed by atoms with E-state index < -0.39 is 17.4 Å². The molecule has 148 valence electrons. The van der Waals surface area contributed by atoms with Gasteiger partial charge in [-0.15, -0.1) is 0 Å². The maximum Gasteiger partial charge on any atom is 0.277 e. The van der Waals surface area contributed by atoms with Crippen LogP contribution in [0.15, 0.2) is 84.0 Å². The van der Waals surface area contributed by atoms with Crippen molar-refractivity contribution in [3.05, 3.63) is 95.6 Å². The van der Waals surface area contributed by atoms with Crippen LogP contribution >= 0.6 is 0 Å². The second-order valence-electron chi connectivity index (χ2n) is 7.19. The summed E-state index contributed by atoms with van der Waals surface area (Å²) in [6, 6.07) is 23.3. The van der Waals surface area contributed by atoms with E-state index in [9.17, 15) is 9.59 Å². The molecule has 2 atom stereocenters. The number of carbonyl (C=O) groups is 2. The summed E-state index contributed by atoms with van der Waals surface area (Å²) in [5.74, 6) is -0.875. The Morgan fingerprint density at radius 3 is 2.43 bits per heavy atom. The van der Waals surface area contributed by atoms with Crippen LogP contribution in [0.5, 0.6) is 5.75 Å². The Morgan fingerprint density at radius 1 is 1.00 bits per heavy atom. The SMILES string of the molecule is COc1ccc(C2=NOC3(C(=O)Nc4ccccc43)C2C(=O)c2ccccc2)cc1. The number of hydrogen-bond acceptors (Lipinski definition) is 5. The van der Waals surface area contributed by atoms with Gasteiger partial charge in [0, 0.05) is 22.4 Å². The van der Waals surface area contributed by atoms with Crippen molar-refractivity contribution in [1.29, 1.82) is 0 Å². The molecule has 0 aromatic heterocycles. The number of nitrogens with one attached hydrogen (secondary N) is 1. The van der Waals surface area contributed by atoms with E-state index in [0.717, 1.165) is 0 Å². The molecule has 1 N–H and O–H groups in total. The van der Waals surface area contributed by atoms with Crippen LogP contribution in [-0.4, -0.2) is 24.5 Å². The Kier molecular flexibility index (Phi) is 4.13. The number of Topliss-reactive ketones (excluding diaryl/α,β-unsaturated/α-hetero) is 1. The first kappa shape index (κ1) is 18.1. The third kappa shape index (κ3) is 2.54. The second-order valence-corrected chi connectivity index (χ2v) is 7.19. The van der Waals surface area contributed by atoms with E-state index in [1.165, 1.54) is 0 Å². The Morgan fingerprint density at radius 2 is 1.70 bits per heavy atom. The van der Waals surface area contributed by atoms with E-state index in [-0.39, 0.29) is 5.78 Å². The van der Waals surface area contributed by atoms with Gasteiger partial charge in [0.1, 0.15) is 17.4 Å². The van der Waals surface area contributed by atoms with Crippen LogP contribution in [0.2, 0.25) is 0 Å². The molecule has 0 aliphatic carbocycles. The highest BCUT2D eigenvalue weighted by molar-refractivity contribution is 6.24. The molecule has 6 heteroatoms. The highest BCUT2D eigenvalue weighted by atomic mass is 16.7. The summed E-state index contributed by atoms with van der Waals surface area (Å²) in [5.41, 5.74) is 1.29. The lowest BCUT2D eigenvalue weighted by Crippen LogP contribution is -2.46. The van der Waals surface area contributed by atoms with Gasteiger partial charge in [-0.05, 0) is 30.3 Å². The zero-order valence-corrected chi connectivity index (χ0v) is 16.2. The van der Waals surface area contributed by atoms with Gasteiger partial charge in [-0.1, -0.05) is 53.7 Å². The third-order valence-electron chi connectivity index (χ3n) is 5.59. The molecule has 0 saturated heterocycles. The van der Waals surface area contributed by atoms with Crippen LogP contribution in [0, 0.1) is 5.92 Å². The first-order valence-electron chi connectivity index (χ1n) is 9.56. The summed E-state index contributed by atoms with van der Waals surface area (Å²) in [7, 11) is 1.59. The molecule has 30 heavy (non-hydrogen) atoms. The molecule has 0 saturated carbocycles. The van der Waals surface area contributed by atoms with Gasteiger partial charge in [0.15, 0.2) is 5.78 Å². The number of rotatable bonds is 4. The Labute approximate surface area is 173 Å². The molecule has 2 heterocycles. The minimum Gasteiger partial charge on any atom is -0.497 e. The fraction of sp³-hybridized carbons (Fsp3) is 0.125. The minimum atomic E-state index is -1.54. The monoisotopic (exact) mass is 398 g/mol.